The van der Waals surface area contributed by atoms with E-state index in [9.17, 15) is 14.4 Å². The lowest BCUT2D eigenvalue weighted by molar-refractivity contribution is -0.137. The zero-order valence-corrected chi connectivity index (χ0v) is 23.0. The molecule has 3 aromatic carbocycles. The molecule has 11 heteroatoms. The van der Waals surface area contributed by atoms with Crippen molar-refractivity contribution in [3.63, 3.8) is 0 Å². The Bertz CT molecular complexity index is 1920. The van der Waals surface area contributed by atoms with Gasteiger partial charge >= 0.3 is 18.0 Å². The molecule has 43 heavy (non-hydrogen) atoms. The van der Waals surface area contributed by atoms with E-state index in [0.717, 1.165) is 5.57 Å². The lowest BCUT2D eigenvalue weighted by Crippen LogP contribution is -2.19. The molecule has 0 saturated carbocycles. The molecule has 5 aromatic rings. The highest BCUT2D eigenvalue weighted by molar-refractivity contribution is 6.00. The highest BCUT2D eigenvalue weighted by Gasteiger charge is 2.25. The molecule has 0 bridgehead atoms. The number of urea groups is 1. The topological polar surface area (TPSA) is 168 Å². The summed E-state index contributed by atoms with van der Waals surface area (Å²) in [7, 11) is 0. The summed E-state index contributed by atoms with van der Waals surface area (Å²) in [6.45, 7) is 1.97. The number of nitrogens with zero attached hydrogens (tertiary/aromatic N) is 2. The van der Waals surface area contributed by atoms with Gasteiger partial charge in [0.2, 0.25) is 11.8 Å². The van der Waals surface area contributed by atoms with E-state index in [-0.39, 0.29) is 18.8 Å². The molecule has 0 aliphatic heterocycles. The molecule has 0 spiro atoms. The summed E-state index contributed by atoms with van der Waals surface area (Å²) >= 11 is 0. The number of carboxylic acids is 2. The van der Waals surface area contributed by atoms with Crippen molar-refractivity contribution in [2.24, 2.45) is 0 Å². The number of aromatic nitrogens is 2. The molecule has 6 rings (SSSR count). The number of amides is 2. The van der Waals surface area contributed by atoms with Crippen LogP contribution in [0.15, 0.2) is 81.1 Å². The van der Waals surface area contributed by atoms with E-state index < -0.39 is 18.0 Å². The van der Waals surface area contributed by atoms with Crippen molar-refractivity contribution >= 4 is 46.5 Å². The Balaban J connectivity index is 1.15. The molecule has 0 saturated heterocycles. The van der Waals surface area contributed by atoms with Crippen LogP contribution in [0, 0.1) is 0 Å². The van der Waals surface area contributed by atoms with Gasteiger partial charge in [-0.15, -0.1) is 0 Å². The Labute approximate surface area is 244 Å². The first-order valence-corrected chi connectivity index (χ1v) is 13.5. The van der Waals surface area contributed by atoms with E-state index in [1.54, 1.807) is 66.7 Å². The van der Waals surface area contributed by atoms with Crippen LogP contribution in [0.2, 0.25) is 0 Å². The van der Waals surface area contributed by atoms with Crippen LogP contribution in [0.5, 0.6) is 0 Å². The van der Waals surface area contributed by atoms with Crippen LogP contribution < -0.4 is 10.6 Å². The zero-order valence-electron chi connectivity index (χ0n) is 23.0. The number of carboxylic acid groups (broad SMARTS) is 2. The molecule has 2 amide bonds. The highest BCUT2D eigenvalue weighted by Crippen LogP contribution is 2.37. The molecule has 1 unspecified atom stereocenters. The fourth-order valence-corrected chi connectivity index (χ4v) is 5.11. The number of rotatable bonds is 8. The molecule has 2 heterocycles. The number of carbonyl (C=O) groups excluding carboxylic acids is 1. The maximum atomic E-state index is 12.9. The Morgan fingerprint density at radius 2 is 1.49 bits per heavy atom. The standard InChI is InChI=1S/C32H26N4O7/c1-17-10-19(14-28(39)40)12-25-29(17)43-31(36-25)21-5-3-7-23(16-21)34-32(41)33-22-6-2-4-20(15-22)30-35-24-11-18(13-27(37)38)8-9-26(24)42-30/h2-9,11-12,15-17H,10,13-14H2,1H3,(H,37,38)(H,39,40)(H2,33,34,41). The number of anilines is 2. The fraction of sp³-hybridized carbons (Fsp3) is 0.156. The summed E-state index contributed by atoms with van der Waals surface area (Å²) < 4.78 is 11.9. The Morgan fingerprint density at radius 1 is 0.837 bits per heavy atom. The van der Waals surface area contributed by atoms with Gasteiger partial charge in [-0.05, 0) is 66.6 Å². The minimum absolute atomic E-state index is 0.00242. The van der Waals surface area contributed by atoms with Gasteiger partial charge in [-0.1, -0.05) is 30.7 Å². The maximum absolute atomic E-state index is 12.9. The second kappa shape index (κ2) is 11.3. The average molecular weight is 579 g/mol. The lowest BCUT2D eigenvalue weighted by Gasteiger charge is -2.16. The van der Waals surface area contributed by atoms with Crippen LogP contribution in [0.25, 0.3) is 40.1 Å². The first kappa shape index (κ1) is 27.5. The maximum Gasteiger partial charge on any atom is 0.323 e. The van der Waals surface area contributed by atoms with Crippen molar-refractivity contribution in [3.05, 3.63) is 89.3 Å². The predicted molar refractivity (Wildman–Crippen MR) is 159 cm³/mol. The lowest BCUT2D eigenvalue weighted by atomic mass is 9.90. The average Bonchev–Trinajstić information content (AvgIpc) is 3.57. The van der Waals surface area contributed by atoms with E-state index in [2.05, 4.69) is 20.6 Å². The minimum Gasteiger partial charge on any atom is -0.481 e. The molecule has 1 atom stereocenters. The quantitative estimate of drug-likeness (QED) is 0.155. The number of carbonyl (C=O) groups is 3. The van der Waals surface area contributed by atoms with Crippen LogP contribution in [-0.4, -0.2) is 38.2 Å². The first-order chi connectivity index (χ1) is 20.7. The number of oxazole rings is 2. The number of fused-ring (bicyclic) bond motifs is 2. The molecular formula is C32H26N4O7. The van der Waals surface area contributed by atoms with Crippen LogP contribution in [0.1, 0.15) is 42.7 Å². The third kappa shape index (κ3) is 6.15. The van der Waals surface area contributed by atoms with E-state index in [4.69, 9.17) is 19.0 Å². The Morgan fingerprint density at radius 3 is 2.14 bits per heavy atom. The monoisotopic (exact) mass is 578 g/mol. The van der Waals surface area contributed by atoms with Gasteiger partial charge in [0.25, 0.3) is 0 Å². The van der Waals surface area contributed by atoms with E-state index in [1.165, 1.54) is 0 Å². The van der Waals surface area contributed by atoms with E-state index >= 15 is 0 Å². The minimum atomic E-state index is -0.927. The summed E-state index contributed by atoms with van der Waals surface area (Å²) in [4.78, 5) is 44.1. The third-order valence-corrected chi connectivity index (χ3v) is 6.96. The molecule has 0 fully saturated rings. The van der Waals surface area contributed by atoms with Gasteiger partial charge in [-0.2, -0.15) is 0 Å². The van der Waals surface area contributed by atoms with Gasteiger partial charge < -0.3 is 29.7 Å². The van der Waals surface area contributed by atoms with Crippen molar-refractivity contribution in [3.8, 4) is 22.9 Å². The molecule has 1 aliphatic rings. The fourth-order valence-electron chi connectivity index (χ4n) is 5.11. The first-order valence-electron chi connectivity index (χ1n) is 13.5. The number of hydrogen-bond donors (Lipinski definition) is 4. The van der Waals surface area contributed by atoms with Crippen LogP contribution in [0.4, 0.5) is 16.2 Å². The second-order valence-electron chi connectivity index (χ2n) is 10.4. The molecule has 1 aliphatic carbocycles. The third-order valence-electron chi connectivity index (χ3n) is 6.96. The van der Waals surface area contributed by atoms with Crippen LogP contribution >= 0.6 is 0 Å². The van der Waals surface area contributed by atoms with Crippen molar-refractivity contribution in [1.82, 2.24) is 9.97 Å². The summed E-state index contributed by atoms with van der Waals surface area (Å²) in [6.07, 6.45) is 2.23. The molecule has 4 N–H and O–H groups in total. The largest absolute Gasteiger partial charge is 0.481 e. The van der Waals surface area contributed by atoms with Crippen molar-refractivity contribution in [2.75, 3.05) is 10.6 Å². The van der Waals surface area contributed by atoms with Gasteiger partial charge in [0.15, 0.2) is 5.58 Å². The normalized spacial score (nSPS) is 14.2. The number of aliphatic carboxylic acids is 2. The smallest absolute Gasteiger partial charge is 0.323 e. The molecule has 11 nitrogen and oxygen atoms in total. The summed E-state index contributed by atoms with van der Waals surface area (Å²) in [6, 6.07) is 18.7. The summed E-state index contributed by atoms with van der Waals surface area (Å²) in [5.74, 6) is -0.374. The molecular weight excluding hydrogens is 552 g/mol. The van der Waals surface area contributed by atoms with Crippen molar-refractivity contribution in [1.29, 1.82) is 0 Å². The number of hydrogen-bond acceptors (Lipinski definition) is 7. The van der Waals surface area contributed by atoms with Gasteiger partial charge in [0.05, 0.1) is 12.8 Å². The SMILES string of the molecule is CC1CC(CC(=O)O)=Cc2nc(-c3cccc(NC(=O)Nc4cccc(-c5nc6cc(CC(=O)O)ccc6o5)c4)c3)oc21. The van der Waals surface area contributed by atoms with Crippen molar-refractivity contribution in [2.45, 2.75) is 32.1 Å². The van der Waals surface area contributed by atoms with Gasteiger partial charge in [0.1, 0.15) is 17.0 Å². The highest BCUT2D eigenvalue weighted by atomic mass is 16.4. The van der Waals surface area contributed by atoms with Gasteiger partial charge in [-0.25, -0.2) is 14.8 Å². The molecule has 0 radical (unpaired) electrons. The summed E-state index contributed by atoms with van der Waals surface area (Å²) in [5, 5.41) is 23.8. The predicted octanol–water partition coefficient (Wildman–Crippen LogP) is 6.79. The number of benzene rings is 3. The van der Waals surface area contributed by atoms with Crippen molar-refractivity contribution < 1.29 is 33.4 Å². The van der Waals surface area contributed by atoms with Crippen LogP contribution in [0.3, 0.4) is 0 Å². The van der Waals surface area contributed by atoms with E-state index in [1.807, 2.05) is 13.0 Å². The molecule has 2 aromatic heterocycles. The Kier molecular flexibility index (Phi) is 7.21. The molecule has 216 valence electrons. The van der Waals surface area contributed by atoms with E-state index in [0.29, 0.717) is 68.8 Å². The second-order valence-corrected chi connectivity index (χ2v) is 10.4. The van der Waals surface area contributed by atoms with Crippen LogP contribution in [-0.2, 0) is 16.0 Å². The number of nitrogens with one attached hydrogen (secondary N) is 2. The Hall–Kier alpha value is -5.71. The van der Waals surface area contributed by atoms with Gasteiger partial charge in [0, 0.05) is 28.4 Å². The zero-order chi connectivity index (χ0) is 30.1. The summed E-state index contributed by atoms with van der Waals surface area (Å²) in [5.41, 5.74) is 5.45. The van der Waals surface area contributed by atoms with Gasteiger partial charge in [-0.3, -0.25) is 9.59 Å².